The van der Waals surface area contributed by atoms with Crippen molar-refractivity contribution >= 4 is 10.0 Å². The highest BCUT2D eigenvalue weighted by Gasteiger charge is 2.34. The first-order valence-electron chi connectivity index (χ1n) is 7.49. The van der Waals surface area contributed by atoms with Crippen LogP contribution in [0.5, 0.6) is 0 Å². The lowest BCUT2D eigenvalue weighted by Crippen LogP contribution is -2.42. The van der Waals surface area contributed by atoms with Gasteiger partial charge in [-0.25, -0.2) is 8.42 Å². The molecule has 0 aliphatic carbocycles. The highest BCUT2D eigenvalue weighted by Crippen LogP contribution is 2.32. The van der Waals surface area contributed by atoms with Crippen LogP contribution in [0.2, 0.25) is 0 Å². The number of hydrogen-bond donors (Lipinski definition) is 1. The third kappa shape index (κ3) is 4.05. The van der Waals surface area contributed by atoms with Crippen molar-refractivity contribution in [2.24, 2.45) is 5.92 Å². The summed E-state index contributed by atoms with van der Waals surface area (Å²) in [5, 5.41) is 3.04. The van der Waals surface area contributed by atoms with Crippen molar-refractivity contribution in [3.05, 3.63) is 29.3 Å². The van der Waals surface area contributed by atoms with Crippen molar-refractivity contribution in [1.29, 1.82) is 0 Å². The maximum absolute atomic E-state index is 12.7. The number of rotatable bonds is 4. The Morgan fingerprint density at radius 3 is 2.61 bits per heavy atom. The Morgan fingerprint density at radius 2 is 2.04 bits per heavy atom. The SMILES string of the molecule is CNCC1CCCN(S(=O)(=O)c2ccc(C(F)(F)F)cc2C)C1. The zero-order chi connectivity index (χ0) is 17.3. The second-order valence-electron chi connectivity index (χ2n) is 5.91. The largest absolute Gasteiger partial charge is 0.416 e. The summed E-state index contributed by atoms with van der Waals surface area (Å²) in [5.74, 6) is 0.221. The van der Waals surface area contributed by atoms with Crippen LogP contribution < -0.4 is 5.32 Å². The van der Waals surface area contributed by atoms with E-state index in [4.69, 9.17) is 0 Å². The first kappa shape index (κ1) is 18.2. The molecule has 0 bridgehead atoms. The van der Waals surface area contributed by atoms with Gasteiger partial charge >= 0.3 is 6.18 Å². The Morgan fingerprint density at radius 1 is 1.35 bits per heavy atom. The molecule has 2 rings (SSSR count). The normalized spacial score (nSPS) is 20.7. The molecule has 23 heavy (non-hydrogen) atoms. The van der Waals surface area contributed by atoms with Gasteiger partial charge in [-0.2, -0.15) is 17.5 Å². The van der Waals surface area contributed by atoms with E-state index in [1.165, 1.54) is 11.2 Å². The van der Waals surface area contributed by atoms with E-state index in [0.29, 0.717) is 13.1 Å². The van der Waals surface area contributed by atoms with Crippen molar-refractivity contribution < 1.29 is 21.6 Å². The van der Waals surface area contributed by atoms with Gasteiger partial charge in [0.1, 0.15) is 0 Å². The standard InChI is InChI=1S/C15H21F3N2O2S/c1-11-8-13(15(16,17)18)5-6-14(11)23(21,22)20-7-3-4-12(10-20)9-19-2/h5-6,8,12,19H,3-4,7,9-10H2,1-2H3. The fraction of sp³-hybridized carbons (Fsp3) is 0.600. The number of halogens is 3. The molecule has 1 aliphatic heterocycles. The van der Waals surface area contributed by atoms with Gasteiger partial charge in [-0.15, -0.1) is 0 Å². The average Bonchev–Trinajstić information content (AvgIpc) is 2.46. The van der Waals surface area contributed by atoms with Crippen molar-refractivity contribution in [2.45, 2.75) is 30.8 Å². The molecule has 1 aliphatic rings. The Labute approximate surface area is 134 Å². The quantitative estimate of drug-likeness (QED) is 0.908. The molecule has 1 saturated heterocycles. The molecule has 1 unspecified atom stereocenters. The van der Waals surface area contributed by atoms with Crippen LogP contribution >= 0.6 is 0 Å². The number of aryl methyl sites for hydroxylation is 1. The van der Waals surface area contributed by atoms with Gasteiger partial charge in [0.15, 0.2) is 0 Å². The van der Waals surface area contributed by atoms with Crippen LogP contribution in [-0.4, -0.2) is 39.4 Å². The van der Waals surface area contributed by atoms with Crippen LogP contribution in [0.1, 0.15) is 24.0 Å². The molecule has 0 amide bonds. The summed E-state index contributed by atoms with van der Waals surface area (Å²) >= 11 is 0. The molecule has 0 aromatic heterocycles. The zero-order valence-corrected chi connectivity index (χ0v) is 14.0. The van der Waals surface area contributed by atoms with Crippen LogP contribution in [0.4, 0.5) is 13.2 Å². The minimum absolute atomic E-state index is 0.0457. The molecule has 1 heterocycles. The lowest BCUT2D eigenvalue weighted by Gasteiger charge is -2.32. The van der Waals surface area contributed by atoms with E-state index in [0.717, 1.165) is 37.6 Å². The average molecular weight is 350 g/mol. The van der Waals surface area contributed by atoms with Gasteiger partial charge in [-0.05, 0) is 63.0 Å². The summed E-state index contributed by atoms with van der Waals surface area (Å²) in [4.78, 5) is -0.0457. The van der Waals surface area contributed by atoms with E-state index in [1.54, 1.807) is 0 Å². The predicted octanol–water partition coefficient (Wildman–Crippen LogP) is 2.63. The second-order valence-corrected chi connectivity index (χ2v) is 7.81. The van der Waals surface area contributed by atoms with Gasteiger partial charge in [0.25, 0.3) is 0 Å². The fourth-order valence-corrected chi connectivity index (χ4v) is 4.72. The number of alkyl halides is 3. The summed E-state index contributed by atoms with van der Waals surface area (Å²) in [5.41, 5.74) is -0.712. The van der Waals surface area contributed by atoms with E-state index < -0.39 is 21.8 Å². The number of hydrogen-bond acceptors (Lipinski definition) is 3. The summed E-state index contributed by atoms with van der Waals surface area (Å²) < 4.78 is 65.0. The highest BCUT2D eigenvalue weighted by atomic mass is 32.2. The number of nitrogens with zero attached hydrogens (tertiary/aromatic N) is 1. The molecule has 1 N–H and O–H groups in total. The van der Waals surface area contributed by atoms with Crippen LogP contribution in [-0.2, 0) is 16.2 Å². The molecule has 1 aromatic rings. The van der Waals surface area contributed by atoms with Crippen molar-refractivity contribution in [3.63, 3.8) is 0 Å². The van der Waals surface area contributed by atoms with Gasteiger partial charge in [0.05, 0.1) is 10.5 Å². The molecular formula is C15H21F3N2O2S. The minimum atomic E-state index is -4.48. The Kier molecular flexibility index (Phi) is 5.37. The monoisotopic (exact) mass is 350 g/mol. The molecular weight excluding hydrogens is 329 g/mol. The van der Waals surface area contributed by atoms with Gasteiger partial charge in [0.2, 0.25) is 10.0 Å². The molecule has 0 saturated carbocycles. The minimum Gasteiger partial charge on any atom is -0.319 e. The van der Waals surface area contributed by atoms with Gasteiger partial charge < -0.3 is 5.32 Å². The molecule has 4 nitrogen and oxygen atoms in total. The Bertz CT molecular complexity index is 657. The van der Waals surface area contributed by atoms with Crippen LogP contribution in [0.25, 0.3) is 0 Å². The predicted molar refractivity (Wildman–Crippen MR) is 81.6 cm³/mol. The topological polar surface area (TPSA) is 49.4 Å². The Hall–Kier alpha value is -1.12. The number of sulfonamides is 1. The van der Waals surface area contributed by atoms with Crippen molar-refractivity contribution in [2.75, 3.05) is 26.7 Å². The molecule has 8 heteroatoms. The highest BCUT2D eigenvalue weighted by molar-refractivity contribution is 7.89. The van der Waals surface area contributed by atoms with Crippen LogP contribution in [0, 0.1) is 12.8 Å². The smallest absolute Gasteiger partial charge is 0.319 e. The van der Waals surface area contributed by atoms with Gasteiger partial charge in [-0.1, -0.05) is 0 Å². The van der Waals surface area contributed by atoms with Crippen molar-refractivity contribution in [1.82, 2.24) is 9.62 Å². The van der Waals surface area contributed by atoms with E-state index in [1.807, 2.05) is 7.05 Å². The summed E-state index contributed by atoms with van der Waals surface area (Å²) in [6, 6.07) is 2.78. The lowest BCUT2D eigenvalue weighted by atomic mass is 10.00. The number of benzene rings is 1. The molecule has 1 aromatic carbocycles. The lowest BCUT2D eigenvalue weighted by molar-refractivity contribution is -0.137. The molecule has 130 valence electrons. The first-order chi connectivity index (χ1) is 10.7. The van der Waals surface area contributed by atoms with E-state index >= 15 is 0 Å². The third-order valence-electron chi connectivity index (χ3n) is 4.09. The van der Waals surface area contributed by atoms with Crippen LogP contribution in [0.3, 0.4) is 0 Å². The first-order valence-corrected chi connectivity index (χ1v) is 8.93. The number of piperidine rings is 1. The van der Waals surface area contributed by atoms with Crippen molar-refractivity contribution in [3.8, 4) is 0 Å². The van der Waals surface area contributed by atoms with Crippen LogP contribution in [0.15, 0.2) is 23.1 Å². The van der Waals surface area contributed by atoms with E-state index in [2.05, 4.69) is 5.32 Å². The zero-order valence-electron chi connectivity index (χ0n) is 13.2. The van der Waals surface area contributed by atoms with Gasteiger partial charge in [0, 0.05) is 13.1 Å². The van der Waals surface area contributed by atoms with E-state index in [-0.39, 0.29) is 16.4 Å². The fourth-order valence-electron chi connectivity index (χ4n) is 2.95. The Balaban J connectivity index is 2.29. The molecule has 1 fully saturated rings. The van der Waals surface area contributed by atoms with E-state index in [9.17, 15) is 21.6 Å². The number of nitrogens with one attached hydrogen (secondary N) is 1. The summed E-state index contributed by atoms with van der Waals surface area (Å²) in [6.45, 7) is 2.92. The maximum Gasteiger partial charge on any atom is 0.416 e. The second kappa shape index (κ2) is 6.78. The molecule has 1 atom stereocenters. The maximum atomic E-state index is 12.7. The molecule has 0 spiro atoms. The molecule has 0 radical (unpaired) electrons. The van der Waals surface area contributed by atoms with Gasteiger partial charge in [-0.3, -0.25) is 0 Å². The summed E-state index contributed by atoms with van der Waals surface area (Å²) in [7, 11) is -1.96. The third-order valence-corrected chi connectivity index (χ3v) is 6.12. The summed E-state index contributed by atoms with van der Waals surface area (Å²) in [6.07, 6.45) is -2.78.